The number of unbranched alkanes of at least 4 members (excludes halogenated alkanes) is 1. The van der Waals surface area contributed by atoms with Gasteiger partial charge in [-0.05, 0) is 49.1 Å². The second-order valence-electron chi connectivity index (χ2n) is 7.64. The first-order chi connectivity index (χ1) is 15.1. The molecule has 1 amide bonds. The molecule has 0 aromatic heterocycles. The van der Waals surface area contributed by atoms with E-state index in [1.807, 2.05) is 18.2 Å². The maximum atomic E-state index is 12.6. The third-order valence-corrected chi connectivity index (χ3v) is 7.78. The second kappa shape index (κ2) is 9.79. The van der Waals surface area contributed by atoms with E-state index in [-0.39, 0.29) is 12.2 Å². The smallest absolute Gasteiger partial charge is 0.407 e. The normalized spacial score (nSPS) is 14.3. The average molecular weight is 480 g/mol. The maximum Gasteiger partial charge on any atom is 0.407 e. The minimum Gasteiger partial charge on any atom is -0.465 e. The highest BCUT2D eigenvalue weighted by Crippen LogP contribution is 2.39. The van der Waals surface area contributed by atoms with E-state index in [4.69, 9.17) is 11.6 Å². The Morgan fingerprint density at radius 3 is 2.38 bits per heavy atom. The molecule has 1 aliphatic heterocycles. The minimum atomic E-state index is -3.59. The predicted octanol–water partition coefficient (Wildman–Crippen LogP) is 4.05. The molecule has 0 radical (unpaired) electrons. The highest BCUT2D eigenvalue weighted by molar-refractivity contribution is 7.94. The molecule has 8 nitrogen and oxygen atoms in total. The number of hydrogen-bond acceptors (Lipinski definition) is 4. The summed E-state index contributed by atoms with van der Waals surface area (Å²) in [6, 6.07) is 12.2. The SMILES string of the molecule is CN1c2ccc(C(=O)CCCCN(CCc3ccccc3Cl)C(=O)O)cc2N(C)S1(=O)=O. The van der Waals surface area contributed by atoms with Gasteiger partial charge in [0.15, 0.2) is 5.78 Å². The first kappa shape index (κ1) is 23.9. The zero-order chi connectivity index (χ0) is 23.5. The van der Waals surface area contributed by atoms with Gasteiger partial charge in [-0.25, -0.2) is 4.79 Å². The predicted molar refractivity (Wildman–Crippen MR) is 125 cm³/mol. The van der Waals surface area contributed by atoms with E-state index in [1.54, 1.807) is 24.3 Å². The number of ketones is 1. The summed E-state index contributed by atoms with van der Waals surface area (Å²) in [4.78, 5) is 25.5. The van der Waals surface area contributed by atoms with Crippen molar-refractivity contribution in [1.29, 1.82) is 0 Å². The van der Waals surface area contributed by atoms with Crippen LogP contribution in [-0.2, 0) is 16.6 Å². The summed E-state index contributed by atoms with van der Waals surface area (Å²) in [6.45, 7) is 0.648. The Bertz CT molecular complexity index is 1120. The van der Waals surface area contributed by atoms with Crippen molar-refractivity contribution >= 4 is 45.1 Å². The van der Waals surface area contributed by atoms with Crippen molar-refractivity contribution in [2.75, 3.05) is 35.8 Å². The first-order valence-electron chi connectivity index (χ1n) is 10.2. The lowest BCUT2D eigenvalue weighted by atomic mass is 10.0. The summed E-state index contributed by atoms with van der Waals surface area (Å²) in [5.74, 6) is -0.105. The van der Waals surface area contributed by atoms with E-state index in [1.165, 1.54) is 23.3 Å². The van der Waals surface area contributed by atoms with E-state index in [0.29, 0.717) is 54.3 Å². The molecule has 3 rings (SSSR count). The zero-order valence-electron chi connectivity index (χ0n) is 18.0. The van der Waals surface area contributed by atoms with Crippen LogP contribution in [0.15, 0.2) is 42.5 Å². The van der Waals surface area contributed by atoms with Crippen LogP contribution in [0.25, 0.3) is 0 Å². The van der Waals surface area contributed by atoms with Crippen molar-refractivity contribution in [2.45, 2.75) is 25.7 Å². The van der Waals surface area contributed by atoms with E-state index < -0.39 is 16.3 Å². The summed E-state index contributed by atoms with van der Waals surface area (Å²) in [5, 5.41) is 10.1. The van der Waals surface area contributed by atoms with E-state index in [2.05, 4.69) is 0 Å². The standard InChI is InChI=1S/C22H26ClN3O5S/c1-24-19-11-10-17(15-20(19)25(2)32(24,30)31)21(27)9-5-6-13-26(22(28)29)14-12-16-7-3-4-8-18(16)23/h3-4,7-8,10-11,15H,5-6,9,12-14H2,1-2H3,(H,28,29). The lowest BCUT2D eigenvalue weighted by Gasteiger charge is -2.19. The number of rotatable bonds is 9. The molecule has 10 heteroatoms. The minimum absolute atomic E-state index is 0.105. The van der Waals surface area contributed by atoms with Crippen LogP contribution in [-0.4, -0.2) is 57.5 Å². The Morgan fingerprint density at radius 2 is 1.69 bits per heavy atom. The Kier molecular flexibility index (Phi) is 7.30. The molecule has 0 bridgehead atoms. The average Bonchev–Trinajstić information content (AvgIpc) is 2.93. The number of benzene rings is 2. The summed E-state index contributed by atoms with van der Waals surface area (Å²) < 4.78 is 26.8. The number of hydrogen-bond donors (Lipinski definition) is 1. The molecule has 32 heavy (non-hydrogen) atoms. The number of amides is 1. The van der Waals surface area contributed by atoms with Crippen LogP contribution in [0.2, 0.25) is 5.02 Å². The number of halogens is 1. The Labute approximate surface area is 193 Å². The third kappa shape index (κ3) is 4.99. The number of carbonyl (C=O) groups excluding carboxylic acids is 1. The molecule has 0 saturated carbocycles. The Hall–Kier alpha value is -2.78. The lowest BCUT2D eigenvalue weighted by Crippen LogP contribution is -2.32. The van der Waals surface area contributed by atoms with Gasteiger partial charge in [-0.15, -0.1) is 0 Å². The molecular weight excluding hydrogens is 454 g/mol. The molecule has 0 saturated heterocycles. The van der Waals surface area contributed by atoms with Crippen molar-refractivity contribution < 1.29 is 23.1 Å². The Balaban J connectivity index is 1.52. The fraction of sp³-hybridized carbons (Fsp3) is 0.364. The largest absolute Gasteiger partial charge is 0.465 e. The second-order valence-corrected chi connectivity index (χ2v) is 10.0. The van der Waals surface area contributed by atoms with Crippen LogP contribution in [0.5, 0.6) is 0 Å². The molecule has 0 aliphatic carbocycles. The highest BCUT2D eigenvalue weighted by atomic mass is 35.5. The highest BCUT2D eigenvalue weighted by Gasteiger charge is 2.35. The molecule has 0 atom stereocenters. The molecule has 1 aliphatic rings. The van der Waals surface area contributed by atoms with Crippen molar-refractivity contribution in [3.8, 4) is 0 Å². The monoisotopic (exact) mass is 479 g/mol. The van der Waals surface area contributed by atoms with Gasteiger partial charge in [-0.3, -0.25) is 13.4 Å². The van der Waals surface area contributed by atoms with Crippen LogP contribution >= 0.6 is 11.6 Å². The quantitative estimate of drug-likeness (QED) is 0.432. The topological polar surface area (TPSA) is 98.2 Å². The van der Waals surface area contributed by atoms with Crippen molar-refractivity contribution in [2.24, 2.45) is 0 Å². The van der Waals surface area contributed by atoms with Crippen LogP contribution in [0.1, 0.15) is 35.2 Å². The van der Waals surface area contributed by atoms with Crippen LogP contribution in [0.4, 0.5) is 16.2 Å². The third-order valence-electron chi connectivity index (χ3n) is 5.63. The van der Waals surface area contributed by atoms with Crippen molar-refractivity contribution in [1.82, 2.24) is 4.90 Å². The number of fused-ring (bicyclic) bond motifs is 1. The molecular formula is C22H26ClN3O5S. The summed E-state index contributed by atoms with van der Waals surface area (Å²) in [7, 11) is -0.662. The molecule has 2 aromatic carbocycles. The van der Waals surface area contributed by atoms with Gasteiger partial charge < -0.3 is 10.0 Å². The number of carbonyl (C=O) groups is 2. The number of anilines is 2. The number of nitrogens with zero attached hydrogens (tertiary/aromatic N) is 3. The van der Waals surface area contributed by atoms with Gasteiger partial charge in [0.25, 0.3) is 0 Å². The molecule has 172 valence electrons. The van der Waals surface area contributed by atoms with E-state index >= 15 is 0 Å². The summed E-state index contributed by atoms with van der Waals surface area (Å²) in [6.07, 6.45) is 0.839. The van der Waals surface area contributed by atoms with Gasteiger partial charge in [0.05, 0.1) is 11.4 Å². The van der Waals surface area contributed by atoms with Crippen LogP contribution < -0.4 is 8.61 Å². The van der Waals surface area contributed by atoms with Crippen LogP contribution in [0.3, 0.4) is 0 Å². The molecule has 0 unspecified atom stereocenters. The molecule has 0 spiro atoms. The van der Waals surface area contributed by atoms with Gasteiger partial charge in [0.1, 0.15) is 0 Å². The molecule has 2 aromatic rings. The van der Waals surface area contributed by atoms with Crippen molar-refractivity contribution in [3.05, 3.63) is 58.6 Å². The lowest BCUT2D eigenvalue weighted by molar-refractivity contribution is 0.0978. The first-order valence-corrected chi connectivity index (χ1v) is 12.0. The fourth-order valence-electron chi connectivity index (χ4n) is 3.64. The maximum absolute atomic E-state index is 12.6. The molecule has 1 heterocycles. The van der Waals surface area contributed by atoms with Gasteiger partial charge in [0, 0.05) is 44.2 Å². The molecule has 1 N–H and O–H groups in total. The van der Waals surface area contributed by atoms with Gasteiger partial charge in [0.2, 0.25) is 0 Å². The van der Waals surface area contributed by atoms with Gasteiger partial charge in [-0.2, -0.15) is 8.42 Å². The Morgan fingerprint density at radius 1 is 1.00 bits per heavy atom. The fourth-order valence-corrected chi connectivity index (χ4v) is 5.04. The zero-order valence-corrected chi connectivity index (χ0v) is 19.6. The van der Waals surface area contributed by atoms with E-state index in [0.717, 1.165) is 9.87 Å². The van der Waals surface area contributed by atoms with Gasteiger partial charge >= 0.3 is 16.3 Å². The summed E-state index contributed by atoms with van der Waals surface area (Å²) >= 11 is 6.13. The summed E-state index contributed by atoms with van der Waals surface area (Å²) in [5.41, 5.74) is 2.33. The van der Waals surface area contributed by atoms with Crippen LogP contribution in [0, 0.1) is 0 Å². The number of carboxylic acid groups (broad SMARTS) is 1. The van der Waals surface area contributed by atoms with Gasteiger partial charge in [-0.1, -0.05) is 29.8 Å². The molecule has 0 fully saturated rings. The number of Topliss-reactive ketones (excluding diaryl/α,β-unsaturated/α-hetero) is 1. The van der Waals surface area contributed by atoms with E-state index in [9.17, 15) is 23.1 Å². The van der Waals surface area contributed by atoms with Crippen molar-refractivity contribution in [3.63, 3.8) is 0 Å².